The van der Waals surface area contributed by atoms with E-state index in [1.54, 1.807) is 23.1 Å². The number of methoxy groups -OCH3 is 1. The summed E-state index contributed by atoms with van der Waals surface area (Å²) in [6.07, 6.45) is -4.32. The minimum absolute atomic E-state index is 0.0314. The average Bonchev–Trinajstić information content (AvgIpc) is 3.00. The Morgan fingerprint density at radius 1 is 1.38 bits per heavy atom. The van der Waals surface area contributed by atoms with E-state index < -0.39 is 11.9 Å². The topological polar surface area (TPSA) is 67.6 Å². The van der Waals surface area contributed by atoms with Crippen LogP contribution in [-0.4, -0.2) is 52.4 Å². The first kappa shape index (κ1) is 21.6. The molecule has 1 aromatic carbocycles. The van der Waals surface area contributed by atoms with Gasteiger partial charge in [0.1, 0.15) is 12.3 Å². The van der Waals surface area contributed by atoms with Gasteiger partial charge in [0.05, 0.1) is 13.7 Å². The van der Waals surface area contributed by atoms with Crippen LogP contribution in [0, 0.1) is 0 Å². The van der Waals surface area contributed by atoms with Crippen LogP contribution in [0.5, 0.6) is 5.75 Å². The van der Waals surface area contributed by atoms with Crippen LogP contribution in [-0.2, 0) is 36.9 Å². The largest absolute Gasteiger partial charge is 0.496 e. The number of carbonyl (C=O) groups excluding carboxylic acids is 1. The zero-order chi connectivity index (χ0) is 21.2. The molecule has 1 aliphatic heterocycles. The molecule has 158 valence electrons. The van der Waals surface area contributed by atoms with Crippen LogP contribution in [0.15, 0.2) is 18.2 Å². The Balaban J connectivity index is 1.84. The summed E-state index contributed by atoms with van der Waals surface area (Å²) >= 11 is 5.97. The fourth-order valence-electron chi connectivity index (χ4n) is 3.56. The van der Waals surface area contributed by atoms with Crippen LogP contribution < -0.4 is 4.74 Å². The number of benzene rings is 1. The summed E-state index contributed by atoms with van der Waals surface area (Å²) in [4.78, 5) is 14.3. The normalized spacial score (nSPS) is 14.7. The lowest BCUT2D eigenvalue weighted by Gasteiger charge is -2.27. The third kappa shape index (κ3) is 4.91. The number of aliphatic hydroxyl groups is 1. The lowest BCUT2D eigenvalue weighted by atomic mass is 10.0. The number of nitrogens with zero attached hydrogens (tertiary/aromatic N) is 3. The van der Waals surface area contributed by atoms with Crippen molar-refractivity contribution < 1.29 is 27.8 Å². The quantitative estimate of drug-likeness (QED) is 0.730. The number of carbonyl (C=O) groups is 1. The third-order valence-electron chi connectivity index (χ3n) is 4.85. The number of ether oxygens (including phenoxy) is 1. The molecule has 0 bridgehead atoms. The van der Waals surface area contributed by atoms with Crippen molar-refractivity contribution in [1.82, 2.24) is 14.7 Å². The van der Waals surface area contributed by atoms with Gasteiger partial charge in [0.25, 0.3) is 0 Å². The molecule has 0 atom stereocenters. The van der Waals surface area contributed by atoms with E-state index in [9.17, 15) is 18.0 Å². The van der Waals surface area contributed by atoms with E-state index >= 15 is 0 Å². The number of alkyl halides is 3. The molecule has 10 heteroatoms. The van der Waals surface area contributed by atoms with Gasteiger partial charge in [0.15, 0.2) is 11.5 Å². The number of hydrogen-bond donors (Lipinski definition) is 1. The molecule has 1 aromatic heterocycles. The average molecular weight is 432 g/mol. The van der Waals surface area contributed by atoms with Crippen molar-refractivity contribution in [3.63, 3.8) is 0 Å². The Hall–Kier alpha value is -2.10. The molecule has 1 N–H and O–H groups in total. The van der Waals surface area contributed by atoms with E-state index in [-0.39, 0.29) is 44.0 Å². The highest BCUT2D eigenvalue weighted by Gasteiger charge is 2.40. The Morgan fingerprint density at radius 2 is 2.14 bits per heavy atom. The van der Waals surface area contributed by atoms with Gasteiger partial charge >= 0.3 is 6.18 Å². The van der Waals surface area contributed by atoms with E-state index in [1.807, 2.05) is 0 Å². The molecule has 0 amide bonds. The Labute approximate surface area is 170 Å². The van der Waals surface area contributed by atoms with Crippen LogP contribution >= 0.6 is 11.6 Å². The lowest BCUT2D eigenvalue weighted by molar-refractivity contribution is -0.142. The zero-order valence-corrected chi connectivity index (χ0v) is 16.6. The second-order valence-electron chi connectivity index (χ2n) is 6.85. The molecule has 2 aromatic rings. The highest BCUT2D eigenvalue weighted by atomic mass is 35.5. The summed E-state index contributed by atoms with van der Waals surface area (Å²) in [6, 6.07) is 4.87. The number of aliphatic hydroxyl groups excluding tert-OH is 1. The highest BCUT2D eigenvalue weighted by Crippen LogP contribution is 2.35. The second kappa shape index (κ2) is 8.73. The molecule has 29 heavy (non-hydrogen) atoms. The van der Waals surface area contributed by atoms with E-state index in [2.05, 4.69) is 5.10 Å². The number of β-amino-alcohol motifs (C(OH)–C–C–N with tert-alkyl or cyclic N) is 1. The Morgan fingerprint density at radius 3 is 2.79 bits per heavy atom. The number of rotatable bonds is 7. The fourth-order valence-corrected chi connectivity index (χ4v) is 3.75. The molecule has 2 heterocycles. The van der Waals surface area contributed by atoms with Gasteiger partial charge in [0.2, 0.25) is 0 Å². The molecule has 1 aliphatic rings. The summed E-state index contributed by atoms with van der Waals surface area (Å²) < 4.78 is 46.8. The number of ketones is 1. The van der Waals surface area contributed by atoms with Crippen molar-refractivity contribution in [3.05, 3.63) is 45.7 Å². The lowest BCUT2D eigenvalue weighted by Crippen LogP contribution is -2.34. The smallest absolute Gasteiger partial charge is 0.435 e. The molecular formula is C19H21ClF3N3O3. The van der Waals surface area contributed by atoms with Crippen molar-refractivity contribution in [2.45, 2.75) is 32.1 Å². The predicted molar refractivity (Wildman–Crippen MR) is 100 cm³/mol. The summed E-state index contributed by atoms with van der Waals surface area (Å²) in [5.41, 5.74) is 0.0859. The minimum atomic E-state index is -4.61. The van der Waals surface area contributed by atoms with E-state index in [0.29, 0.717) is 35.0 Å². The number of aromatic nitrogens is 2. The van der Waals surface area contributed by atoms with E-state index in [4.69, 9.17) is 21.4 Å². The minimum Gasteiger partial charge on any atom is -0.496 e. The molecule has 0 saturated carbocycles. The van der Waals surface area contributed by atoms with Crippen LogP contribution in [0.4, 0.5) is 13.2 Å². The van der Waals surface area contributed by atoms with Crippen LogP contribution in [0.25, 0.3) is 0 Å². The van der Waals surface area contributed by atoms with Crippen LogP contribution in [0.3, 0.4) is 0 Å². The van der Waals surface area contributed by atoms with Crippen molar-refractivity contribution in [1.29, 1.82) is 0 Å². The van der Waals surface area contributed by atoms with Gasteiger partial charge in [-0.15, -0.1) is 0 Å². The van der Waals surface area contributed by atoms with Gasteiger partial charge in [-0.1, -0.05) is 11.6 Å². The van der Waals surface area contributed by atoms with Crippen LogP contribution in [0.2, 0.25) is 5.02 Å². The highest BCUT2D eigenvalue weighted by molar-refractivity contribution is 6.30. The molecule has 0 radical (unpaired) electrons. The maximum atomic E-state index is 13.5. The molecule has 0 aliphatic carbocycles. The first-order valence-corrected chi connectivity index (χ1v) is 9.43. The molecule has 0 spiro atoms. The van der Waals surface area contributed by atoms with Gasteiger partial charge in [0, 0.05) is 54.3 Å². The fraction of sp³-hybridized carbons (Fsp3) is 0.474. The van der Waals surface area contributed by atoms with Crippen molar-refractivity contribution >= 4 is 17.4 Å². The standard InChI is InChI=1S/C19H21ClF3N3O3/c1-29-17-3-2-13(20)8-12(17)9-14(28)10-26-16-4-5-25(6-7-27)11-15(16)18(24-26)19(21,22)23/h2-3,8,27H,4-7,9-11H2,1H3. The molecule has 6 nitrogen and oxygen atoms in total. The maximum absolute atomic E-state index is 13.5. The second-order valence-corrected chi connectivity index (χ2v) is 7.29. The van der Waals surface area contributed by atoms with Crippen molar-refractivity contribution in [3.8, 4) is 5.75 Å². The summed E-state index contributed by atoms with van der Waals surface area (Å²) in [6.45, 7) is 0.419. The molecule has 3 rings (SSSR count). The zero-order valence-electron chi connectivity index (χ0n) is 15.8. The van der Waals surface area contributed by atoms with Gasteiger partial charge in [-0.3, -0.25) is 14.4 Å². The first-order valence-electron chi connectivity index (χ1n) is 9.06. The van der Waals surface area contributed by atoms with Gasteiger partial charge in [-0.05, 0) is 18.2 Å². The SMILES string of the molecule is COc1ccc(Cl)cc1CC(=O)Cn1nc(C(F)(F)F)c2c1CCN(CCO)C2. The number of halogens is 4. The van der Waals surface area contributed by atoms with Crippen molar-refractivity contribution in [2.75, 3.05) is 26.8 Å². The summed E-state index contributed by atoms with van der Waals surface area (Å²) in [5.74, 6) is 0.184. The Kier molecular flexibility index (Phi) is 6.50. The first-order chi connectivity index (χ1) is 13.7. The van der Waals surface area contributed by atoms with Crippen molar-refractivity contribution in [2.24, 2.45) is 0 Å². The van der Waals surface area contributed by atoms with E-state index in [1.165, 1.54) is 7.11 Å². The molecule has 0 unspecified atom stereocenters. The number of fused-ring (bicyclic) bond motifs is 1. The van der Waals surface area contributed by atoms with E-state index in [0.717, 1.165) is 4.68 Å². The maximum Gasteiger partial charge on any atom is 0.435 e. The monoisotopic (exact) mass is 431 g/mol. The Bertz CT molecular complexity index is 899. The molecular weight excluding hydrogens is 411 g/mol. The predicted octanol–water partition coefficient (Wildman–Crippen LogP) is 2.73. The molecule has 0 saturated heterocycles. The summed E-state index contributed by atoms with van der Waals surface area (Å²) in [7, 11) is 1.47. The van der Waals surface area contributed by atoms with Gasteiger partial charge in [-0.25, -0.2) is 0 Å². The summed E-state index contributed by atoms with van der Waals surface area (Å²) in [5, 5.41) is 13.2. The van der Waals surface area contributed by atoms with Crippen LogP contribution in [0.1, 0.15) is 22.5 Å². The number of hydrogen-bond acceptors (Lipinski definition) is 5. The van der Waals surface area contributed by atoms with Gasteiger partial charge in [-0.2, -0.15) is 18.3 Å². The molecule has 0 fully saturated rings. The number of Topliss-reactive ketones (excluding diaryl/α,β-unsaturated/α-hetero) is 1. The third-order valence-corrected chi connectivity index (χ3v) is 5.09. The van der Waals surface area contributed by atoms with Gasteiger partial charge < -0.3 is 9.84 Å².